The predicted octanol–water partition coefficient (Wildman–Crippen LogP) is 3.74. The molecule has 0 amide bonds. The molecule has 2 atom stereocenters. The molecular weight excluding hydrogens is 300 g/mol. The van der Waals surface area contributed by atoms with Crippen molar-refractivity contribution in [3.8, 4) is 5.75 Å². The highest BCUT2D eigenvalue weighted by Gasteiger charge is 2.30. The van der Waals surface area contributed by atoms with Gasteiger partial charge in [0.2, 0.25) is 5.95 Å². The monoisotopic (exact) mass is 320 g/mol. The molecule has 4 rings (SSSR count). The van der Waals surface area contributed by atoms with Gasteiger partial charge in [-0.25, -0.2) is 4.68 Å². The van der Waals surface area contributed by atoms with Gasteiger partial charge in [-0.3, -0.25) is 0 Å². The number of aromatic nitrogens is 3. The molecule has 0 saturated carbocycles. The van der Waals surface area contributed by atoms with Crippen LogP contribution in [0.4, 0.5) is 5.95 Å². The van der Waals surface area contributed by atoms with Crippen molar-refractivity contribution in [2.75, 3.05) is 12.4 Å². The van der Waals surface area contributed by atoms with Crippen molar-refractivity contribution in [1.82, 2.24) is 14.8 Å². The van der Waals surface area contributed by atoms with Gasteiger partial charge in [0.25, 0.3) is 0 Å². The molecule has 5 heteroatoms. The van der Waals surface area contributed by atoms with Gasteiger partial charge in [0.05, 0.1) is 19.2 Å². The van der Waals surface area contributed by atoms with Crippen LogP contribution >= 0.6 is 0 Å². The Labute approximate surface area is 141 Å². The summed E-state index contributed by atoms with van der Waals surface area (Å²) in [4.78, 5) is 4.38. The lowest BCUT2D eigenvalue weighted by atomic mass is 9.92. The van der Waals surface area contributed by atoms with E-state index in [0.29, 0.717) is 0 Å². The highest BCUT2D eigenvalue weighted by molar-refractivity contribution is 5.40. The normalized spacial score (nSPS) is 19.4. The Morgan fingerprint density at radius 1 is 1.12 bits per heavy atom. The van der Waals surface area contributed by atoms with E-state index < -0.39 is 0 Å². The molecule has 2 aromatic carbocycles. The van der Waals surface area contributed by atoms with Gasteiger partial charge >= 0.3 is 0 Å². The van der Waals surface area contributed by atoms with Crippen molar-refractivity contribution in [2.45, 2.75) is 25.4 Å². The first kappa shape index (κ1) is 14.8. The lowest BCUT2D eigenvalue weighted by Crippen LogP contribution is -2.28. The van der Waals surface area contributed by atoms with Crippen molar-refractivity contribution in [3.05, 3.63) is 71.5 Å². The van der Waals surface area contributed by atoms with Crippen molar-refractivity contribution in [3.63, 3.8) is 0 Å². The van der Waals surface area contributed by atoms with E-state index in [0.717, 1.165) is 18.1 Å². The maximum atomic E-state index is 5.37. The number of nitrogens with one attached hydrogen (secondary N) is 1. The number of hydrogen-bond donors (Lipinski definition) is 1. The summed E-state index contributed by atoms with van der Waals surface area (Å²) < 4.78 is 7.34. The van der Waals surface area contributed by atoms with E-state index in [1.807, 2.05) is 16.8 Å². The molecule has 0 unspecified atom stereocenters. The predicted molar refractivity (Wildman–Crippen MR) is 93.3 cm³/mol. The molecule has 3 aromatic rings. The fraction of sp³-hybridized carbons (Fsp3) is 0.263. The molecule has 0 bridgehead atoms. The lowest BCUT2D eigenvalue weighted by molar-refractivity contribution is 0.410. The van der Waals surface area contributed by atoms with Gasteiger partial charge in [0.15, 0.2) is 0 Å². The first-order chi connectivity index (χ1) is 11.7. The van der Waals surface area contributed by atoms with E-state index in [4.69, 9.17) is 4.74 Å². The molecule has 5 nitrogen and oxygen atoms in total. The summed E-state index contributed by atoms with van der Waals surface area (Å²) in [6.45, 7) is 2.12. The summed E-state index contributed by atoms with van der Waals surface area (Å²) in [6.07, 6.45) is 2.52. The van der Waals surface area contributed by atoms with Crippen LogP contribution in [0, 0.1) is 6.92 Å². The highest BCUT2D eigenvalue weighted by Crippen LogP contribution is 2.38. The van der Waals surface area contributed by atoms with Crippen LogP contribution in [0.5, 0.6) is 5.75 Å². The van der Waals surface area contributed by atoms with E-state index >= 15 is 0 Å². The SMILES string of the molecule is COc1cccc([C@H]2C[C@H](c3cccc(C)c3)n3ncnc3N2)c1. The third-order valence-electron chi connectivity index (χ3n) is 4.55. The first-order valence-electron chi connectivity index (χ1n) is 8.11. The number of fused-ring (bicyclic) bond motifs is 1. The minimum absolute atomic E-state index is 0.167. The molecule has 1 N–H and O–H groups in total. The number of ether oxygens (including phenoxy) is 1. The van der Waals surface area contributed by atoms with E-state index in [2.05, 4.69) is 58.7 Å². The topological polar surface area (TPSA) is 52.0 Å². The maximum Gasteiger partial charge on any atom is 0.222 e. The van der Waals surface area contributed by atoms with E-state index in [-0.39, 0.29) is 12.1 Å². The molecule has 0 spiro atoms. The fourth-order valence-corrected chi connectivity index (χ4v) is 3.35. The Hall–Kier alpha value is -2.82. The van der Waals surface area contributed by atoms with Crippen molar-refractivity contribution in [2.24, 2.45) is 0 Å². The summed E-state index contributed by atoms with van der Waals surface area (Å²) in [6, 6.07) is 17.1. The third-order valence-corrected chi connectivity index (χ3v) is 4.55. The molecular formula is C19H20N4O. The molecule has 0 radical (unpaired) electrons. The largest absolute Gasteiger partial charge is 0.497 e. The highest BCUT2D eigenvalue weighted by atomic mass is 16.5. The van der Waals surface area contributed by atoms with E-state index in [9.17, 15) is 0 Å². The zero-order valence-corrected chi connectivity index (χ0v) is 13.8. The number of methoxy groups -OCH3 is 1. The molecule has 2 heterocycles. The van der Waals surface area contributed by atoms with Gasteiger partial charge in [-0.1, -0.05) is 42.0 Å². The van der Waals surface area contributed by atoms with Gasteiger partial charge in [0, 0.05) is 0 Å². The Bertz CT molecular complexity index is 858. The van der Waals surface area contributed by atoms with Crippen LogP contribution in [0.25, 0.3) is 0 Å². The molecule has 1 aliphatic rings. The van der Waals surface area contributed by atoms with Crippen LogP contribution in [-0.4, -0.2) is 21.9 Å². The second-order valence-electron chi connectivity index (χ2n) is 6.17. The molecule has 1 aliphatic heterocycles. The summed E-state index contributed by atoms with van der Waals surface area (Å²) in [5.41, 5.74) is 3.71. The van der Waals surface area contributed by atoms with Gasteiger partial charge in [0.1, 0.15) is 12.1 Å². The summed E-state index contributed by atoms with van der Waals surface area (Å²) in [7, 11) is 1.69. The number of hydrogen-bond acceptors (Lipinski definition) is 4. The zero-order valence-electron chi connectivity index (χ0n) is 13.8. The summed E-state index contributed by atoms with van der Waals surface area (Å²) in [5.74, 6) is 1.68. The first-order valence-corrected chi connectivity index (χ1v) is 8.11. The fourth-order valence-electron chi connectivity index (χ4n) is 3.35. The number of benzene rings is 2. The minimum atomic E-state index is 0.167. The second-order valence-corrected chi connectivity index (χ2v) is 6.17. The van der Waals surface area contributed by atoms with E-state index in [1.165, 1.54) is 16.7 Å². The zero-order chi connectivity index (χ0) is 16.5. The summed E-state index contributed by atoms with van der Waals surface area (Å²) >= 11 is 0. The smallest absolute Gasteiger partial charge is 0.222 e. The Kier molecular flexibility index (Phi) is 3.69. The van der Waals surface area contributed by atoms with Crippen molar-refractivity contribution >= 4 is 5.95 Å². The van der Waals surface area contributed by atoms with E-state index in [1.54, 1.807) is 13.4 Å². The standard InChI is InChI=1S/C19H20N4O/c1-13-5-3-7-15(9-13)18-11-17(22-19-20-12-21-23(18)19)14-6-4-8-16(10-14)24-2/h3-10,12,17-18H,11H2,1-2H3,(H,20,21,22)/t17-,18-/m1/s1. The van der Waals surface area contributed by atoms with Crippen LogP contribution in [0.2, 0.25) is 0 Å². The quantitative estimate of drug-likeness (QED) is 0.799. The minimum Gasteiger partial charge on any atom is -0.497 e. The molecule has 0 fully saturated rings. The third kappa shape index (κ3) is 2.62. The van der Waals surface area contributed by atoms with Crippen molar-refractivity contribution < 1.29 is 4.74 Å². The number of anilines is 1. The van der Waals surface area contributed by atoms with Gasteiger partial charge in [-0.2, -0.15) is 10.1 Å². The molecule has 0 saturated heterocycles. The van der Waals surface area contributed by atoms with Gasteiger partial charge in [-0.15, -0.1) is 0 Å². The molecule has 122 valence electrons. The van der Waals surface area contributed by atoms with Crippen LogP contribution in [-0.2, 0) is 0 Å². The summed E-state index contributed by atoms with van der Waals surface area (Å²) in [5, 5.41) is 7.92. The maximum absolute atomic E-state index is 5.37. The average Bonchev–Trinajstić information content (AvgIpc) is 3.09. The Morgan fingerprint density at radius 3 is 2.79 bits per heavy atom. The average molecular weight is 320 g/mol. The number of rotatable bonds is 3. The van der Waals surface area contributed by atoms with Gasteiger partial charge < -0.3 is 10.1 Å². The van der Waals surface area contributed by atoms with Crippen molar-refractivity contribution in [1.29, 1.82) is 0 Å². The number of nitrogens with zero attached hydrogens (tertiary/aromatic N) is 3. The lowest BCUT2D eigenvalue weighted by Gasteiger charge is -2.32. The van der Waals surface area contributed by atoms with Crippen LogP contribution in [0.1, 0.15) is 35.2 Å². The Balaban J connectivity index is 1.73. The Morgan fingerprint density at radius 2 is 1.96 bits per heavy atom. The molecule has 1 aromatic heterocycles. The molecule has 0 aliphatic carbocycles. The van der Waals surface area contributed by atoms with Crippen LogP contribution < -0.4 is 10.1 Å². The molecule has 24 heavy (non-hydrogen) atoms. The second kappa shape index (κ2) is 6.00. The van der Waals surface area contributed by atoms with Crippen LogP contribution in [0.3, 0.4) is 0 Å². The van der Waals surface area contributed by atoms with Crippen LogP contribution in [0.15, 0.2) is 54.9 Å². The number of aryl methyl sites for hydroxylation is 1. The van der Waals surface area contributed by atoms with Gasteiger partial charge in [-0.05, 0) is 36.6 Å².